The van der Waals surface area contributed by atoms with Gasteiger partial charge in [0, 0.05) is 6.04 Å². The highest BCUT2D eigenvalue weighted by Gasteiger charge is 1.95. The van der Waals surface area contributed by atoms with Crippen LogP contribution >= 0.6 is 0 Å². The topological polar surface area (TPSA) is 51.2 Å². The molecule has 1 rings (SSSR count). The number of hydrogen-bond acceptors (Lipinski definition) is 3. The second kappa shape index (κ2) is 6.62. The Morgan fingerprint density at radius 1 is 1.50 bits per heavy atom. The van der Waals surface area contributed by atoms with Crippen LogP contribution in [0.4, 0.5) is 0 Å². The van der Waals surface area contributed by atoms with E-state index in [1.165, 1.54) is 12.8 Å². The van der Waals surface area contributed by atoms with Crippen molar-refractivity contribution in [2.24, 2.45) is 5.73 Å². The van der Waals surface area contributed by atoms with Gasteiger partial charge in [0.05, 0.1) is 12.8 Å². The third-order valence-corrected chi connectivity index (χ3v) is 2.14. The van der Waals surface area contributed by atoms with E-state index >= 15 is 0 Å². The van der Waals surface area contributed by atoms with Crippen molar-refractivity contribution in [2.45, 2.75) is 38.8 Å². The average molecular weight is 196 g/mol. The zero-order chi connectivity index (χ0) is 10.2. The average Bonchev–Trinajstić information content (AvgIpc) is 2.63. The van der Waals surface area contributed by atoms with E-state index in [2.05, 4.69) is 12.2 Å². The fourth-order valence-electron chi connectivity index (χ4n) is 1.34. The van der Waals surface area contributed by atoms with Gasteiger partial charge in [-0.05, 0) is 38.4 Å². The number of hydrogen-bond donors (Lipinski definition) is 2. The summed E-state index contributed by atoms with van der Waals surface area (Å²) in [5.41, 5.74) is 5.65. The van der Waals surface area contributed by atoms with Gasteiger partial charge in [-0.2, -0.15) is 0 Å². The quantitative estimate of drug-likeness (QED) is 0.655. The molecule has 1 aromatic rings. The Balaban J connectivity index is 1.90. The van der Waals surface area contributed by atoms with Gasteiger partial charge in [-0.25, -0.2) is 0 Å². The maximum Gasteiger partial charge on any atom is 0.117 e. The lowest BCUT2D eigenvalue weighted by Gasteiger charge is -2.05. The zero-order valence-corrected chi connectivity index (χ0v) is 8.83. The van der Waals surface area contributed by atoms with Crippen LogP contribution in [0.3, 0.4) is 0 Å². The lowest BCUT2D eigenvalue weighted by molar-refractivity contribution is 0.475. The molecule has 0 bridgehead atoms. The second-order valence-electron chi connectivity index (χ2n) is 3.73. The van der Waals surface area contributed by atoms with Gasteiger partial charge in [0.1, 0.15) is 5.76 Å². The number of nitrogens with two attached hydrogens (primary N) is 1. The summed E-state index contributed by atoms with van der Waals surface area (Å²) in [5, 5.41) is 3.33. The molecule has 0 amide bonds. The van der Waals surface area contributed by atoms with Crippen LogP contribution in [0.15, 0.2) is 22.8 Å². The highest BCUT2D eigenvalue weighted by atomic mass is 16.3. The Labute approximate surface area is 85.7 Å². The predicted octanol–water partition coefficient (Wildman–Crippen LogP) is 1.89. The molecule has 0 aliphatic carbocycles. The zero-order valence-electron chi connectivity index (χ0n) is 8.83. The van der Waals surface area contributed by atoms with Gasteiger partial charge in [0.15, 0.2) is 0 Å². The molecular formula is C11H20N2O. The number of unbranched alkanes of at least 4 members (excludes halogenated alkanes) is 1. The first kappa shape index (κ1) is 11.3. The molecular weight excluding hydrogens is 176 g/mol. The van der Waals surface area contributed by atoms with Crippen LogP contribution in [-0.2, 0) is 6.54 Å². The second-order valence-corrected chi connectivity index (χ2v) is 3.73. The molecule has 0 fully saturated rings. The van der Waals surface area contributed by atoms with Crippen LogP contribution in [-0.4, -0.2) is 12.6 Å². The molecule has 0 aromatic carbocycles. The third-order valence-electron chi connectivity index (χ3n) is 2.14. The van der Waals surface area contributed by atoms with Gasteiger partial charge in [-0.1, -0.05) is 6.42 Å². The van der Waals surface area contributed by atoms with Crippen LogP contribution in [0.5, 0.6) is 0 Å². The van der Waals surface area contributed by atoms with Crippen LogP contribution in [0.2, 0.25) is 0 Å². The normalized spacial score (nSPS) is 13.0. The van der Waals surface area contributed by atoms with E-state index in [0.29, 0.717) is 6.04 Å². The minimum atomic E-state index is 0.333. The summed E-state index contributed by atoms with van der Waals surface area (Å²) >= 11 is 0. The SMILES string of the molecule is CC(N)CCCCNCc1ccco1. The van der Waals surface area contributed by atoms with Gasteiger partial charge in [0.2, 0.25) is 0 Å². The Kier molecular flexibility index (Phi) is 5.33. The molecule has 0 radical (unpaired) electrons. The van der Waals surface area contributed by atoms with Gasteiger partial charge in [-0.15, -0.1) is 0 Å². The van der Waals surface area contributed by atoms with Crippen molar-refractivity contribution < 1.29 is 4.42 Å². The minimum Gasteiger partial charge on any atom is -0.468 e. The highest BCUT2D eigenvalue weighted by molar-refractivity contribution is 4.97. The van der Waals surface area contributed by atoms with Gasteiger partial charge < -0.3 is 15.5 Å². The standard InChI is InChI=1S/C11H20N2O/c1-10(12)5-2-3-7-13-9-11-6-4-8-14-11/h4,6,8,10,13H,2-3,5,7,9,12H2,1H3. The molecule has 0 spiro atoms. The number of furan rings is 1. The van der Waals surface area contributed by atoms with Crippen LogP contribution in [0.1, 0.15) is 31.9 Å². The largest absolute Gasteiger partial charge is 0.468 e. The molecule has 1 heterocycles. The maximum atomic E-state index is 5.65. The molecule has 80 valence electrons. The summed E-state index contributed by atoms with van der Waals surface area (Å²) < 4.78 is 5.20. The summed E-state index contributed by atoms with van der Waals surface area (Å²) in [5.74, 6) is 0.997. The summed E-state index contributed by atoms with van der Waals surface area (Å²) in [6.45, 7) is 3.91. The van der Waals surface area contributed by atoms with Crippen LogP contribution in [0.25, 0.3) is 0 Å². The summed E-state index contributed by atoms with van der Waals surface area (Å²) in [4.78, 5) is 0. The molecule has 3 N–H and O–H groups in total. The smallest absolute Gasteiger partial charge is 0.117 e. The van der Waals surface area contributed by atoms with Gasteiger partial charge >= 0.3 is 0 Å². The third kappa shape index (κ3) is 5.04. The van der Waals surface area contributed by atoms with Crippen LogP contribution < -0.4 is 11.1 Å². The fourth-order valence-corrected chi connectivity index (χ4v) is 1.34. The summed E-state index contributed by atoms with van der Waals surface area (Å²) in [6.07, 6.45) is 5.20. The molecule has 3 nitrogen and oxygen atoms in total. The minimum absolute atomic E-state index is 0.333. The van der Waals surface area contributed by atoms with E-state index in [9.17, 15) is 0 Å². The van der Waals surface area contributed by atoms with E-state index in [1.54, 1.807) is 6.26 Å². The summed E-state index contributed by atoms with van der Waals surface area (Å²) in [7, 11) is 0. The lowest BCUT2D eigenvalue weighted by Crippen LogP contribution is -2.17. The number of nitrogens with one attached hydrogen (secondary N) is 1. The number of rotatable bonds is 7. The van der Waals surface area contributed by atoms with Gasteiger partial charge in [0.25, 0.3) is 0 Å². The van der Waals surface area contributed by atoms with Crippen molar-refractivity contribution in [3.05, 3.63) is 24.2 Å². The molecule has 1 unspecified atom stereocenters. The molecule has 0 saturated heterocycles. The van der Waals surface area contributed by atoms with Crippen molar-refractivity contribution in [1.82, 2.24) is 5.32 Å². The molecule has 1 aromatic heterocycles. The van der Waals surface area contributed by atoms with E-state index < -0.39 is 0 Å². The predicted molar refractivity (Wildman–Crippen MR) is 57.9 cm³/mol. The fraction of sp³-hybridized carbons (Fsp3) is 0.636. The van der Waals surface area contributed by atoms with Crippen molar-refractivity contribution in [1.29, 1.82) is 0 Å². The lowest BCUT2D eigenvalue weighted by atomic mass is 10.1. The Bertz CT molecular complexity index is 219. The first-order valence-electron chi connectivity index (χ1n) is 5.27. The van der Waals surface area contributed by atoms with Crippen molar-refractivity contribution in [3.8, 4) is 0 Å². The maximum absolute atomic E-state index is 5.65. The van der Waals surface area contributed by atoms with E-state index in [4.69, 9.17) is 10.2 Å². The van der Waals surface area contributed by atoms with Gasteiger partial charge in [-0.3, -0.25) is 0 Å². The Morgan fingerprint density at radius 2 is 2.36 bits per heavy atom. The van der Waals surface area contributed by atoms with E-state index in [-0.39, 0.29) is 0 Å². The Morgan fingerprint density at radius 3 is 3.00 bits per heavy atom. The first-order chi connectivity index (χ1) is 6.79. The molecule has 0 aliphatic rings. The van der Waals surface area contributed by atoms with Crippen molar-refractivity contribution >= 4 is 0 Å². The molecule has 0 saturated carbocycles. The molecule has 0 aliphatic heterocycles. The molecule has 1 atom stereocenters. The van der Waals surface area contributed by atoms with E-state index in [0.717, 1.165) is 25.3 Å². The Hall–Kier alpha value is -0.800. The summed E-state index contributed by atoms with van der Waals surface area (Å²) in [6, 6.07) is 4.22. The monoisotopic (exact) mass is 196 g/mol. The van der Waals surface area contributed by atoms with Crippen molar-refractivity contribution in [3.63, 3.8) is 0 Å². The van der Waals surface area contributed by atoms with E-state index in [1.807, 2.05) is 12.1 Å². The first-order valence-corrected chi connectivity index (χ1v) is 5.27. The molecule has 14 heavy (non-hydrogen) atoms. The van der Waals surface area contributed by atoms with Crippen molar-refractivity contribution in [2.75, 3.05) is 6.54 Å². The molecule has 3 heteroatoms. The van der Waals surface area contributed by atoms with Crippen LogP contribution in [0, 0.1) is 0 Å². The highest BCUT2D eigenvalue weighted by Crippen LogP contribution is 2.00.